The van der Waals surface area contributed by atoms with Crippen molar-refractivity contribution in [2.75, 3.05) is 6.61 Å². The Labute approximate surface area is 120 Å². The van der Waals surface area contributed by atoms with Gasteiger partial charge in [-0.2, -0.15) is 0 Å². The predicted molar refractivity (Wildman–Crippen MR) is 80.6 cm³/mol. The first-order chi connectivity index (χ1) is 9.00. The van der Waals surface area contributed by atoms with Crippen molar-refractivity contribution in [3.8, 4) is 0 Å². The Morgan fingerprint density at radius 3 is 2.63 bits per heavy atom. The summed E-state index contributed by atoms with van der Waals surface area (Å²) in [5.74, 6) is 0.779. The Hall–Kier alpha value is -1.22. The minimum Gasteiger partial charge on any atom is -0.465 e. The molecular weight excluding hydrogens is 256 g/mol. The van der Waals surface area contributed by atoms with Crippen LogP contribution in [0.4, 0.5) is 0 Å². The van der Waals surface area contributed by atoms with E-state index in [2.05, 4.69) is 18.2 Å². The van der Waals surface area contributed by atoms with E-state index in [4.69, 9.17) is 4.74 Å². The molecule has 0 heterocycles. The highest BCUT2D eigenvalue weighted by atomic mass is 32.2. The summed E-state index contributed by atoms with van der Waals surface area (Å²) < 4.78 is 5.14. The molecule has 103 valence electrons. The molecule has 0 spiro atoms. The molecule has 1 aromatic rings. The highest BCUT2D eigenvalue weighted by Gasteiger charge is 2.22. The van der Waals surface area contributed by atoms with Crippen molar-refractivity contribution in [1.29, 1.82) is 0 Å². The lowest BCUT2D eigenvalue weighted by Gasteiger charge is -2.15. The van der Waals surface area contributed by atoms with Crippen molar-refractivity contribution in [3.63, 3.8) is 0 Å². The molecule has 0 aliphatic rings. The fraction of sp³-hybridized carbons (Fsp3) is 0.438. The Morgan fingerprint density at radius 1 is 1.32 bits per heavy atom. The van der Waals surface area contributed by atoms with E-state index in [9.17, 15) is 4.79 Å². The van der Waals surface area contributed by atoms with Crippen LogP contribution in [-0.2, 0) is 15.3 Å². The maximum atomic E-state index is 11.5. The van der Waals surface area contributed by atoms with Crippen LogP contribution in [-0.4, -0.2) is 12.6 Å². The normalized spacial score (nSPS) is 11.7. The molecule has 0 saturated carbocycles. The van der Waals surface area contributed by atoms with Crippen molar-refractivity contribution >= 4 is 17.7 Å². The smallest absolute Gasteiger partial charge is 0.311 e. The molecule has 0 aromatic heterocycles. The molecule has 2 nitrogen and oxygen atoms in total. The lowest BCUT2D eigenvalue weighted by atomic mass is 9.97. The number of carbonyl (C=O) groups is 1. The van der Waals surface area contributed by atoms with Gasteiger partial charge in [0, 0.05) is 12.2 Å². The quantitative estimate of drug-likeness (QED) is 0.575. The zero-order valence-corrected chi connectivity index (χ0v) is 12.6. The Morgan fingerprint density at radius 2 is 2.00 bits per heavy atom. The van der Waals surface area contributed by atoms with Gasteiger partial charge in [-0.05, 0) is 37.8 Å². The highest BCUT2D eigenvalue weighted by Crippen LogP contribution is 2.15. The van der Waals surface area contributed by atoms with Crippen LogP contribution in [0.5, 0.6) is 0 Å². The van der Waals surface area contributed by atoms with Crippen LogP contribution >= 0.6 is 11.8 Å². The SMILES string of the molecule is CC(C)(C)C(=O)OCC[C]=CSCc1ccccc1. The van der Waals surface area contributed by atoms with E-state index in [-0.39, 0.29) is 5.97 Å². The fourth-order valence-electron chi connectivity index (χ4n) is 1.25. The number of benzene rings is 1. The van der Waals surface area contributed by atoms with Gasteiger partial charge in [0.25, 0.3) is 0 Å². The number of rotatable bonds is 6. The fourth-order valence-corrected chi connectivity index (χ4v) is 1.95. The predicted octanol–water partition coefficient (Wildman–Crippen LogP) is 4.22. The number of esters is 1. The summed E-state index contributed by atoms with van der Waals surface area (Å²) in [6.07, 6.45) is 3.77. The van der Waals surface area contributed by atoms with E-state index < -0.39 is 5.41 Å². The van der Waals surface area contributed by atoms with E-state index in [1.807, 2.05) is 44.4 Å². The lowest BCUT2D eigenvalue weighted by Crippen LogP contribution is -2.23. The van der Waals surface area contributed by atoms with Gasteiger partial charge >= 0.3 is 5.97 Å². The number of carbonyl (C=O) groups excluding carboxylic acids is 1. The molecular formula is C16H21O2S. The molecule has 0 atom stereocenters. The topological polar surface area (TPSA) is 26.3 Å². The third-order valence-electron chi connectivity index (χ3n) is 2.35. The summed E-state index contributed by atoms with van der Waals surface area (Å²) in [4.78, 5) is 11.5. The van der Waals surface area contributed by atoms with Crippen LogP contribution in [0.1, 0.15) is 32.8 Å². The van der Waals surface area contributed by atoms with Crippen LogP contribution < -0.4 is 0 Å². The molecule has 19 heavy (non-hydrogen) atoms. The standard InChI is InChI=1S/C16H21O2S/c1-16(2,3)15(17)18-11-7-8-12-19-13-14-9-5-4-6-10-14/h4-6,9-10,12H,7,11,13H2,1-3H3. The molecule has 0 aliphatic heterocycles. The summed E-state index contributed by atoms with van der Waals surface area (Å²) >= 11 is 1.69. The summed E-state index contributed by atoms with van der Waals surface area (Å²) in [5.41, 5.74) is 0.871. The Balaban J connectivity index is 2.10. The van der Waals surface area contributed by atoms with E-state index in [0.717, 1.165) is 5.75 Å². The van der Waals surface area contributed by atoms with Crippen molar-refractivity contribution in [1.82, 2.24) is 0 Å². The monoisotopic (exact) mass is 277 g/mol. The third kappa shape index (κ3) is 7.06. The second-order valence-electron chi connectivity index (χ2n) is 5.25. The van der Waals surface area contributed by atoms with Crippen molar-refractivity contribution in [2.45, 2.75) is 32.9 Å². The van der Waals surface area contributed by atoms with Gasteiger partial charge in [-0.1, -0.05) is 30.3 Å². The zero-order valence-electron chi connectivity index (χ0n) is 11.8. The maximum absolute atomic E-state index is 11.5. The van der Waals surface area contributed by atoms with Crippen molar-refractivity contribution in [2.24, 2.45) is 5.41 Å². The van der Waals surface area contributed by atoms with Crippen LogP contribution in [0.15, 0.2) is 35.7 Å². The molecule has 0 bridgehead atoms. The van der Waals surface area contributed by atoms with Gasteiger partial charge in [0.1, 0.15) is 0 Å². The van der Waals surface area contributed by atoms with E-state index >= 15 is 0 Å². The number of ether oxygens (including phenoxy) is 1. The molecule has 1 aromatic carbocycles. The average molecular weight is 277 g/mol. The first kappa shape index (κ1) is 15.8. The highest BCUT2D eigenvalue weighted by molar-refractivity contribution is 8.01. The van der Waals surface area contributed by atoms with Crippen LogP contribution in [0.25, 0.3) is 0 Å². The minimum atomic E-state index is -0.425. The second kappa shape index (κ2) is 8.05. The molecule has 1 rings (SSSR count). The van der Waals surface area contributed by atoms with Crippen molar-refractivity contribution < 1.29 is 9.53 Å². The van der Waals surface area contributed by atoms with E-state index in [0.29, 0.717) is 13.0 Å². The first-order valence-corrected chi connectivity index (χ1v) is 7.43. The zero-order chi connectivity index (χ0) is 14.1. The minimum absolute atomic E-state index is 0.161. The van der Waals surface area contributed by atoms with Crippen LogP contribution in [0.3, 0.4) is 0 Å². The average Bonchev–Trinajstić information content (AvgIpc) is 2.37. The Kier molecular flexibility index (Phi) is 6.71. The second-order valence-corrected chi connectivity index (χ2v) is 6.11. The molecule has 0 amide bonds. The molecule has 3 heteroatoms. The van der Waals surface area contributed by atoms with Gasteiger partial charge in [0.2, 0.25) is 0 Å². The van der Waals surface area contributed by atoms with Crippen LogP contribution in [0, 0.1) is 11.5 Å². The summed E-state index contributed by atoms with van der Waals surface area (Å²) in [6.45, 7) is 5.96. The van der Waals surface area contributed by atoms with E-state index in [1.165, 1.54) is 5.56 Å². The molecule has 0 N–H and O–H groups in total. The molecule has 0 fully saturated rings. The molecule has 0 aliphatic carbocycles. The summed E-state index contributed by atoms with van der Waals surface area (Å²) in [6, 6.07) is 10.3. The number of thioether (sulfide) groups is 1. The summed E-state index contributed by atoms with van der Waals surface area (Å²) in [7, 11) is 0. The number of hydrogen-bond donors (Lipinski definition) is 0. The lowest BCUT2D eigenvalue weighted by molar-refractivity contribution is -0.152. The molecule has 0 saturated heterocycles. The first-order valence-electron chi connectivity index (χ1n) is 6.38. The summed E-state index contributed by atoms with van der Waals surface area (Å²) in [5, 5.41) is 1.94. The third-order valence-corrected chi connectivity index (χ3v) is 3.18. The van der Waals surface area contributed by atoms with Gasteiger partial charge < -0.3 is 4.74 Å². The maximum Gasteiger partial charge on any atom is 0.311 e. The van der Waals surface area contributed by atoms with Gasteiger partial charge in [-0.15, -0.1) is 11.8 Å². The number of hydrogen-bond acceptors (Lipinski definition) is 3. The van der Waals surface area contributed by atoms with Gasteiger partial charge in [-0.3, -0.25) is 4.79 Å². The molecule has 0 unspecified atom stereocenters. The largest absolute Gasteiger partial charge is 0.465 e. The van der Waals surface area contributed by atoms with E-state index in [1.54, 1.807) is 11.8 Å². The van der Waals surface area contributed by atoms with Gasteiger partial charge in [-0.25, -0.2) is 0 Å². The Bertz CT molecular complexity index is 405. The van der Waals surface area contributed by atoms with Crippen molar-refractivity contribution in [3.05, 3.63) is 47.4 Å². The van der Waals surface area contributed by atoms with Gasteiger partial charge in [0.05, 0.1) is 12.0 Å². The van der Waals surface area contributed by atoms with Gasteiger partial charge in [0.15, 0.2) is 0 Å². The van der Waals surface area contributed by atoms with Crippen LogP contribution in [0.2, 0.25) is 0 Å². The molecule has 1 radical (unpaired) electrons.